The number of aliphatic hydroxyl groups excluding tert-OH is 1. The molecule has 1 rings (SSSR count). The van der Waals surface area contributed by atoms with Crippen LogP contribution in [0.1, 0.15) is 46.5 Å². The topological polar surface area (TPSA) is 20.2 Å². The van der Waals surface area contributed by atoms with Gasteiger partial charge in [-0.05, 0) is 44.1 Å². The van der Waals surface area contributed by atoms with Gasteiger partial charge in [-0.2, -0.15) is 0 Å². The molecule has 1 heteroatoms. The molecule has 0 heterocycles. The molecule has 0 bridgehead atoms. The van der Waals surface area contributed by atoms with Crippen LogP contribution in [-0.4, -0.2) is 11.2 Å². The van der Waals surface area contributed by atoms with Gasteiger partial charge in [0.15, 0.2) is 0 Å². The van der Waals surface area contributed by atoms with Crippen LogP contribution in [0.15, 0.2) is 11.1 Å². The summed E-state index contributed by atoms with van der Waals surface area (Å²) in [6.07, 6.45) is 4.27. The molecule has 1 aliphatic carbocycles. The fourth-order valence-electron chi connectivity index (χ4n) is 1.93. The Balaban J connectivity index is 2.68. The summed E-state index contributed by atoms with van der Waals surface area (Å²) < 4.78 is 0. The summed E-state index contributed by atoms with van der Waals surface area (Å²) in [5.74, 6) is 0.702. The normalized spacial score (nSPS) is 35.0. The average Bonchev–Trinajstić information content (AvgIpc) is 2.03. The zero-order valence-corrected chi connectivity index (χ0v) is 8.43. The first-order valence-corrected chi connectivity index (χ1v) is 5.01. The monoisotopic (exact) mass is 168 g/mol. The van der Waals surface area contributed by atoms with Crippen LogP contribution in [0, 0.1) is 5.92 Å². The minimum Gasteiger partial charge on any atom is -0.389 e. The molecule has 1 N–H and O–H groups in total. The van der Waals surface area contributed by atoms with Crippen LogP contribution in [-0.2, 0) is 0 Å². The number of rotatable bonds is 1. The number of aliphatic hydroxyl groups is 1. The van der Waals surface area contributed by atoms with Crippen LogP contribution in [0.25, 0.3) is 0 Å². The molecule has 0 aromatic rings. The van der Waals surface area contributed by atoms with Gasteiger partial charge in [-0.1, -0.05) is 19.4 Å². The Kier molecular flexibility index (Phi) is 3.33. The summed E-state index contributed by atoms with van der Waals surface area (Å²) in [5, 5.41) is 9.78. The molecule has 0 radical (unpaired) electrons. The van der Waals surface area contributed by atoms with Crippen molar-refractivity contribution in [3.05, 3.63) is 11.1 Å². The SMILES string of the molecule is CC/C(C)=C1/CCC(C)CC1O. The lowest BCUT2D eigenvalue weighted by atomic mass is 9.82. The third kappa shape index (κ3) is 2.10. The quantitative estimate of drug-likeness (QED) is 0.597. The standard InChI is InChI=1S/C11H20O/c1-4-9(3)10-6-5-8(2)7-11(10)12/h8,11-12H,4-7H2,1-3H3/b10-9-. The molecule has 2 atom stereocenters. The zero-order chi connectivity index (χ0) is 9.14. The van der Waals surface area contributed by atoms with Crippen LogP contribution in [0.2, 0.25) is 0 Å². The molecule has 1 nitrogen and oxygen atoms in total. The number of hydrogen-bond acceptors (Lipinski definition) is 1. The van der Waals surface area contributed by atoms with Crippen molar-refractivity contribution >= 4 is 0 Å². The second-order valence-corrected chi connectivity index (χ2v) is 4.05. The smallest absolute Gasteiger partial charge is 0.0755 e. The van der Waals surface area contributed by atoms with Gasteiger partial charge >= 0.3 is 0 Å². The third-order valence-electron chi connectivity index (χ3n) is 3.01. The van der Waals surface area contributed by atoms with Gasteiger partial charge in [-0.25, -0.2) is 0 Å². The molecule has 0 saturated heterocycles. The summed E-state index contributed by atoms with van der Waals surface area (Å²) in [7, 11) is 0. The highest BCUT2D eigenvalue weighted by Crippen LogP contribution is 2.30. The van der Waals surface area contributed by atoms with Crippen LogP contribution >= 0.6 is 0 Å². The first kappa shape index (κ1) is 9.79. The van der Waals surface area contributed by atoms with Gasteiger partial charge in [-0.3, -0.25) is 0 Å². The van der Waals surface area contributed by atoms with E-state index >= 15 is 0 Å². The Labute approximate surface area is 75.5 Å². The molecule has 1 saturated carbocycles. The van der Waals surface area contributed by atoms with Gasteiger partial charge in [0.2, 0.25) is 0 Å². The van der Waals surface area contributed by atoms with Crippen LogP contribution < -0.4 is 0 Å². The van der Waals surface area contributed by atoms with Crippen LogP contribution in [0.3, 0.4) is 0 Å². The molecule has 0 spiro atoms. The van der Waals surface area contributed by atoms with Crippen molar-refractivity contribution in [2.24, 2.45) is 5.92 Å². The Morgan fingerprint density at radius 2 is 2.25 bits per heavy atom. The van der Waals surface area contributed by atoms with Crippen LogP contribution in [0.5, 0.6) is 0 Å². The Hall–Kier alpha value is -0.300. The maximum atomic E-state index is 9.78. The lowest BCUT2D eigenvalue weighted by molar-refractivity contribution is 0.152. The van der Waals surface area contributed by atoms with E-state index in [1.54, 1.807) is 0 Å². The molecule has 1 fully saturated rings. The van der Waals surface area contributed by atoms with Crippen molar-refractivity contribution in [1.82, 2.24) is 0 Å². The Morgan fingerprint density at radius 1 is 1.58 bits per heavy atom. The van der Waals surface area contributed by atoms with E-state index < -0.39 is 0 Å². The summed E-state index contributed by atoms with van der Waals surface area (Å²) in [6, 6.07) is 0. The predicted octanol–water partition coefficient (Wildman–Crippen LogP) is 2.89. The molecule has 70 valence electrons. The summed E-state index contributed by atoms with van der Waals surface area (Å²) in [5.41, 5.74) is 2.71. The molecule has 12 heavy (non-hydrogen) atoms. The molecule has 0 aliphatic heterocycles. The fourth-order valence-corrected chi connectivity index (χ4v) is 1.93. The van der Waals surface area contributed by atoms with E-state index in [2.05, 4.69) is 20.8 Å². The first-order valence-electron chi connectivity index (χ1n) is 5.01. The second-order valence-electron chi connectivity index (χ2n) is 4.05. The highest BCUT2D eigenvalue weighted by atomic mass is 16.3. The minimum absolute atomic E-state index is 0.145. The van der Waals surface area contributed by atoms with Gasteiger partial charge in [-0.15, -0.1) is 0 Å². The Morgan fingerprint density at radius 3 is 2.75 bits per heavy atom. The zero-order valence-electron chi connectivity index (χ0n) is 8.43. The summed E-state index contributed by atoms with van der Waals surface area (Å²) in [6.45, 7) is 6.53. The van der Waals surface area contributed by atoms with Crippen molar-refractivity contribution in [1.29, 1.82) is 0 Å². The van der Waals surface area contributed by atoms with Crippen molar-refractivity contribution in [3.8, 4) is 0 Å². The maximum Gasteiger partial charge on any atom is 0.0755 e. The maximum absolute atomic E-state index is 9.78. The highest BCUT2D eigenvalue weighted by Gasteiger charge is 2.22. The molecular formula is C11H20O. The van der Waals surface area contributed by atoms with E-state index in [0.29, 0.717) is 5.92 Å². The molecular weight excluding hydrogens is 148 g/mol. The van der Waals surface area contributed by atoms with Gasteiger partial charge in [0.1, 0.15) is 0 Å². The third-order valence-corrected chi connectivity index (χ3v) is 3.01. The van der Waals surface area contributed by atoms with E-state index in [0.717, 1.165) is 19.3 Å². The van der Waals surface area contributed by atoms with E-state index in [1.165, 1.54) is 17.6 Å². The average molecular weight is 168 g/mol. The number of allylic oxidation sites excluding steroid dienone is 1. The molecule has 0 amide bonds. The lowest BCUT2D eigenvalue weighted by Gasteiger charge is -2.27. The summed E-state index contributed by atoms with van der Waals surface area (Å²) >= 11 is 0. The molecule has 0 aromatic carbocycles. The minimum atomic E-state index is -0.145. The van der Waals surface area contributed by atoms with E-state index in [9.17, 15) is 5.11 Å². The van der Waals surface area contributed by atoms with Gasteiger partial charge in [0.25, 0.3) is 0 Å². The molecule has 1 aliphatic rings. The first-order chi connectivity index (χ1) is 5.65. The van der Waals surface area contributed by atoms with Gasteiger partial charge in [0, 0.05) is 0 Å². The Bertz CT molecular complexity index is 181. The predicted molar refractivity (Wildman–Crippen MR) is 52.0 cm³/mol. The molecule has 2 unspecified atom stereocenters. The lowest BCUT2D eigenvalue weighted by Crippen LogP contribution is -2.21. The highest BCUT2D eigenvalue weighted by molar-refractivity contribution is 5.18. The number of hydrogen-bond donors (Lipinski definition) is 1. The van der Waals surface area contributed by atoms with Gasteiger partial charge in [0.05, 0.1) is 6.10 Å². The second kappa shape index (κ2) is 4.08. The van der Waals surface area contributed by atoms with Crippen LogP contribution in [0.4, 0.5) is 0 Å². The van der Waals surface area contributed by atoms with E-state index in [-0.39, 0.29) is 6.10 Å². The van der Waals surface area contributed by atoms with E-state index in [4.69, 9.17) is 0 Å². The van der Waals surface area contributed by atoms with E-state index in [1.807, 2.05) is 0 Å². The largest absolute Gasteiger partial charge is 0.389 e. The summed E-state index contributed by atoms with van der Waals surface area (Å²) in [4.78, 5) is 0. The molecule has 0 aromatic heterocycles. The van der Waals surface area contributed by atoms with Crippen molar-refractivity contribution in [2.45, 2.75) is 52.6 Å². The van der Waals surface area contributed by atoms with Crippen molar-refractivity contribution in [3.63, 3.8) is 0 Å². The van der Waals surface area contributed by atoms with Crippen molar-refractivity contribution in [2.75, 3.05) is 0 Å². The fraction of sp³-hybridized carbons (Fsp3) is 0.818. The van der Waals surface area contributed by atoms with Gasteiger partial charge < -0.3 is 5.11 Å². The van der Waals surface area contributed by atoms with Crippen molar-refractivity contribution < 1.29 is 5.11 Å².